The number of nitrogens with zero attached hydrogens (tertiary/aromatic N) is 2. The van der Waals surface area contributed by atoms with Gasteiger partial charge < -0.3 is 5.73 Å². The third-order valence-corrected chi connectivity index (χ3v) is 2.66. The topological polar surface area (TPSA) is 51.8 Å². The molecule has 2 rings (SSSR count). The Hall–Kier alpha value is -1.69. The summed E-state index contributed by atoms with van der Waals surface area (Å²) in [5, 5.41) is 0.445. The van der Waals surface area contributed by atoms with Crippen molar-refractivity contribution in [2.24, 2.45) is 5.73 Å². The van der Waals surface area contributed by atoms with Crippen molar-refractivity contribution in [3.63, 3.8) is 0 Å². The van der Waals surface area contributed by atoms with Gasteiger partial charge in [-0.25, -0.2) is 9.97 Å². The zero-order chi connectivity index (χ0) is 13.2. The summed E-state index contributed by atoms with van der Waals surface area (Å²) in [6.45, 7) is 0.477. The number of rotatable bonds is 3. The first kappa shape index (κ1) is 12.8. The van der Waals surface area contributed by atoms with Crippen LogP contribution in [0.15, 0.2) is 24.5 Å². The summed E-state index contributed by atoms with van der Waals surface area (Å²) in [4.78, 5) is 8.00. The molecule has 0 spiro atoms. The molecule has 0 saturated heterocycles. The Morgan fingerprint density at radius 1 is 1.17 bits per heavy atom. The summed E-state index contributed by atoms with van der Waals surface area (Å²) in [6.07, 6.45) is -1.75. The van der Waals surface area contributed by atoms with Gasteiger partial charge in [0.1, 0.15) is 6.33 Å². The van der Waals surface area contributed by atoms with Crippen molar-refractivity contribution < 1.29 is 13.2 Å². The number of hydrogen-bond acceptors (Lipinski definition) is 3. The molecule has 18 heavy (non-hydrogen) atoms. The second-order valence-corrected chi connectivity index (χ2v) is 3.94. The van der Waals surface area contributed by atoms with E-state index in [1.807, 2.05) is 0 Å². The molecule has 3 nitrogen and oxygen atoms in total. The van der Waals surface area contributed by atoms with Gasteiger partial charge in [-0.1, -0.05) is 0 Å². The van der Waals surface area contributed by atoms with Crippen LogP contribution >= 0.6 is 0 Å². The third kappa shape index (κ3) is 2.59. The molecule has 1 heterocycles. The molecule has 0 bridgehead atoms. The summed E-state index contributed by atoms with van der Waals surface area (Å²) < 4.78 is 37.9. The van der Waals surface area contributed by atoms with Crippen LogP contribution in [0.5, 0.6) is 0 Å². The number of nitrogens with two attached hydrogens (primary N) is 1. The molecule has 0 aliphatic rings. The van der Waals surface area contributed by atoms with E-state index in [4.69, 9.17) is 5.73 Å². The van der Waals surface area contributed by atoms with Gasteiger partial charge in [0.25, 0.3) is 0 Å². The lowest BCUT2D eigenvalue weighted by Crippen LogP contribution is -2.06. The predicted molar refractivity (Wildman–Crippen MR) is 61.9 cm³/mol. The fraction of sp³-hybridized carbons (Fsp3) is 0.333. The normalized spacial score (nSPS) is 12.0. The van der Waals surface area contributed by atoms with Crippen LogP contribution in [0.2, 0.25) is 0 Å². The van der Waals surface area contributed by atoms with Crippen LogP contribution < -0.4 is 5.73 Å². The number of aryl methyl sites for hydroxylation is 1. The first-order valence-corrected chi connectivity index (χ1v) is 5.53. The molecule has 1 aromatic heterocycles. The van der Waals surface area contributed by atoms with E-state index in [0.717, 1.165) is 12.1 Å². The molecule has 0 atom stereocenters. The molecule has 0 unspecified atom stereocenters. The van der Waals surface area contributed by atoms with Crippen molar-refractivity contribution in [2.75, 3.05) is 6.54 Å². The molecule has 2 aromatic rings. The highest BCUT2D eigenvalue weighted by atomic mass is 19.4. The molecule has 0 aliphatic carbocycles. The van der Waals surface area contributed by atoms with Crippen LogP contribution in [0.3, 0.4) is 0 Å². The van der Waals surface area contributed by atoms with E-state index in [0.29, 0.717) is 36.0 Å². The van der Waals surface area contributed by atoms with Gasteiger partial charge in [0.05, 0.1) is 16.8 Å². The van der Waals surface area contributed by atoms with Crippen LogP contribution in [-0.2, 0) is 12.6 Å². The second-order valence-electron chi connectivity index (χ2n) is 3.94. The van der Waals surface area contributed by atoms with Crippen molar-refractivity contribution in [3.8, 4) is 0 Å². The Kier molecular flexibility index (Phi) is 3.47. The van der Waals surface area contributed by atoms with Crippen LogP contribution in [0.1, 0.15) is 17.7 Å². The highest BCUT2D eigenvalue weighted by Gasteiger charge is 2.30. The first-order chi connectivity index (χ1) is 8.52. The number of benzene rings is 1. The number of aromatic nitrogens is 2. The van der Waals surface area contributed by atoms with E-state index in [1.165, 1.54) is 12.4 Å². The van der Waals surface area contributed by atoms with E-state index < -0.39 is 11.7 Å². The average molecular weight is 255 g/mol. The van der Waals surface area contributed by atoms with Crippen molar-refractivity contribution in [1.29, 1.82) is 0 Å². The second kappa shape index (κ2) is 4.89. The molecule has 0 amide bonds. The molecule has 6 heteroatoms. The van der Waals surface area contributed by atoms with Crippen molar-refractivity contribution in [1.82, 2.24) is 9.97 Å². The van der Waals surface area contributed by atoms with E-state index in [9.17, 15) is 13.2 Å². The lowest BCUT2D eigenvalue weighted by Gasteiger charge is -2.09. The average Bonchev–Trinajstić information content (AvgIpc) is 2.34. The molecule has 2 N–H and O–H groups in total. The lowest BCUT2D eigenvalue weighted by atomic mass is 10.1. The Morgan fingerprint density at radius 3 is 2.61 bits per heavy atom. The molecule has 0 aliphatic heterocycles. The summed E-state index contributed by atoms with van der Waals surface area (Å²) in [5.74, 6) is 0. The smallest absolute Gasteiger partial charge is 0.330 e. The van der Waals surface area contributed by atoms with Gasteiger partial charge in [-0.05, 0) is 37.6 Å². The van der Waals surface area contributed by atoms with Crippen molar-refractivity contribution >= 4 is 10.9 Å². The molecule has 0 fully saturated rings. The Bertz CT molecular complexity index is 552. The maximum atomic E-state index is 12.6. The predicted octanol–water partition coefficient (Wildman–Crippen LogP) is 2.54. The van der Waals surface area contributed by atoms with Crippen LogP contribution in [0.25, 0.3) is 10.9 Å². The van der Waals surface area contributed by atoms with E-state index in [1.54, 1.807) is 0 Å². The highest BCUT2D eigenvalue weighted by Crippen LogP contribution is 2.31. The largest absolute Gasteiger partial charge is 0.416 e. The van der Waals surface area contributed by atoms with E-state index >= 15 is 0 Å². The summed E-state index contributed by atoms with van der Waals surface area (Å²) in [6, 6.07) is 3.50. The SMILES string of the molecule is NCCCc1ncnc2ccc(C(F)(F)F)cc12. The van der Waals surface area contributed by atoms with E-state index in [2.05, 4.69) is 9.97 Å². The number of alkyl halides is 3. The highest BCUT2D eigenvalue weighted by molar-refractivity contribution is 5.81. The van der Waals surface area contributed by atoms with Crippen molar-refractivity contribution in [2.45, 2.75) is 19.0 Å². The fourth-order valence-electron chi connectivity index (χ4n) is 1.76. The van der Waals surface area contributed by atoms with Gasteiger partial charge >= 0.3 is 6.18 Å². The third-order valence-electron chi connectivity index (χ3n) is 2.66. The first-order valence-electron chi connectivity index (χ1n) is 5.53. The Morgan fingerprint density at radius 2 is 1.94 bits per heavy atom. The minimum Gasteiger partial charge on any atom is -0.330 e. The maximum Gasteiger partial charge on any atom is 0.416 e. The maximum absolute atomic E-state index is 12.6. The van der Waals surface area contributed by atoms with Gasteiger partial charge in [0, 0.05) is 5.39 Å². The van der Waals surface area contributed by atoms with E-state index in [-0.39, 0.29) is 0 Å². The zero-order valence-corrected chi connectivity index (χ0v) is 9.54. The summed E-state index contributed by atoms with van der Waals surface area (Å²) >= 11 is 0. The monoisotopic (exact) mass is 255 g/mol. The number of fused-ring (bicyclic) bond motifs is 1. The van der Waals surface area contributed by atoms with Crippen molar-refractivity contribution in [3.05, 3.63) is 35.8 Å². The standard InChI is InChI=1S/C12H12F3N3/c13-12(14,15)8-3-4-11-9(6-8)10(2-1-5-16)17-7-18-11/h3-4,6-7H,1-2,5,16H2. The number of halogens is 3. The zero-order valence-electron chi connectivity index (χ0n) is 9.54. The number of hydrogen-bond donors (Lipinski definition) is 1. The van der Waals surface area contributed by atoms with Gasteiger partial charge in [-0.3, -0.25) is 0 Å². The minimum absolute atomic E-state index is 0.445. The molecule has 96 valence electrons. The Labute approximate surface area is 102 Å². The van der Waals surface area contributed by atoms with Crippen LogP contribution in [-0.4, -0.2) is 16.5 Å². The molecular weight excluding hydrogens is 243 g/mol. The van der Waals surface area contributed by atoms with Crippen LogP contribution in [0.4, 0.5) is 13.2 Å². The molecule has 0 saturated carbocycles. The van der Waals surface area contributed by atoms with Gasteiger partial charge in [-0.2, -0.15) is 13.2 Å². The Balaban J connectivity index is 2.51. The summed E-state index contributed by atoms with van der Waals surface area (Å²) in [5.41, 5.74) is 5.84. The van der Waals surface area contributed by atoms with Gasteiger partial charge in [0.2, 0.25) is 0 Å². The molecule has 0 radical (unpaired) electrons. The van der Waals surface area contributed by atoms with Crippen LogP contribution in [0, 0.1) is 0 Å². The lowest BCUT2D eigenvalue weighted by molar-refractivity contribution is -0.137. The molecular formula is C12H12F3N3. The van der Waals surface area contributed by atoms with Gasteiger partial charge in [-0.15, -0.1) is 0 Å². The minimum atomic E-state index is -4.35. The van der Waals surface area contributed by atoms with Gasteiger partial charge in [0.15, 0.2) is 0 Å². The summed E-state index contributed by atoms with van der Waals surface area (Å²) in [7, 11) is 0. The molecule has 1 aromatic carbocycles. The fourth-order valence-corrected chi connectivity index (χ4v) is 1.76. The quantitative estimate of drug-likeness (QED) is 0.916.